The van der Waals surface area contributed by atoms with Crippen LogP contribution in [0, 0.1) is 13.8 Å². The summed E-state index contributed by atoms with van der Waals surface area (Å²) in [6, 6.07) is 8.15. The van der Waals surface area contributed by atoms with Crippen LogP contribution in [0.5, 0.6) is 0 Å². The molecule has 0 amide bonds. The van der Waals surface area contributed by atoms with Crippen molar-refractivity contribution in [2.45, 2.75) is 40.0 Å². The van der Waals surface area contributed by atoms with Gasteiger partial charge in [0, 0.05) is 18.4 Å². The number of hydrogen-bond acceptors (Lipinski definition) is 4. The van der Waals surface area contributed by atoms with Crippen LogP contribution in [0.15, 0.2) is 30.5 Å². The number of anilines is 3. The SMILES string of the molecule is CCCCCNc1nccc(Nc2c(C)cccc2C)n1. The van der Waals surface area contributed by atoms with E-state index in [-0.39, 0.29) is 0 Å². The molecule has 4 nitrogen and oxygen atoms in total. The Morgan fingerprint density at radius 1 is 1.05 bits per heavy atom. The third kappa shape index (κ3) is 4.45. The molecule has 0 saturated carbocycles. The van der Waals surface area contributed by atoms with Crippen LogP contribution in [0.1, 0.15) is 37.3 Å². The van der Waals surface area contributed by atoms with E-state index in [1.165, 1.54) is 24.0 Å². The molecular weight excluding hydrogens is 260 g/mol. The summed E-state index contributed by atoms with van der Waals surface area (Å²) in [4.78, 5) is 8.78. The van der Waals surface area contributed by atoms with Gasteiger partial charge in [0.05, 0.1) is 0 Å². The fourth-order valence-corrected chi connectivity index (χ4v) is 2.23. The summed E-state index contributed by atoms with van der Waals surface area (Å²) in [7, 11) is 0. The quantitative estimate of drug-likeness (QED) is 0.738. The summed E-state index contributed by atoms with van der Waals surface area (Å²) in [5.41, 5.74) is 3.55. The first-order valence-electron chi connectivity index (χ1n) is 7.61. The van der Waals surface area contributed by atoms with Crippen LogP contribution in [-0.2, 0) is 0 Å². The van der Waals surface area contributed by atoms with Gasteiger partial charge in [-0.3, -0.25) is 0 Å². The fourth-order valence-electron chi connectivity index (χ4n) is 2.23. The van der Waals surface area contributed by atoms with E-state index >= 15 is 0 Å². The number of rotatable bonds is 7. The normalized spacial score (nSPS) is 10.4. The molecule has 0 radical (unpaired) electrons. The molecule has 1 heterocycles. The van der Waals surface area contributed by atoms with E-state index in [0.29, 0.717) is 5.95 Å². The second-order valence-electron chi connectivity index (χ2n) is 5.29. The first-order valence-corrected chi connectivity index (χ1v) is 7.61. The van der Waals surface area contributed by atoms with Gasteiger partial charge in [0.25, 0.3) is 0 Å². The van der Waals surface area contributed by atoms with Crippen LogP contribution in [0.25, 0.3) is 0 Å². The second kappa shape index (κ2) is 7.62. The Morgan fingerprint density at radius 3 is 2.52 bits per heavy atom. The van der Waals surface area contributed by atoms with E-state index in [9.17, 15) is 0 Å². The monoisotopic (exact) mass is 284 g/mol. The molecule has 0 aliphatic rings. The Labute approximate surface area is 127 Å². The van der Waals surface area contributed by atoms with Gasteiger partial charge in [-0.15, -0.1) is 0 Å². The summed E-state index contributed by atoms with van der Waals surface area (Å²) in [6.07, 6.45) is 5.38. The minimum Gasteiger partial charge on any atom is -0.354 e. The first-order chi connectivity index (χ1) is 10.2. The Kier molecular flexibility index (Phi) is 5.55. The maximum Gasteiger partial charge on any atom is 0.224 e. The molecule has 0 atom stereocenters. The van der Waals surface area contributed by atoms with Gasteiger partial charge in [0.2, 0.25) is 5.95 Å². The zero-order valence-electron chi connectivity index (χ0n) is 13.1. The maximum atomic E-state index is 4.51. The molecule has 2 rings (SSSR count). The summed E-state index contributed by atoms with van der Waals surface area (Å²) in [5.74, 6) is 1.50. The lowest BCUT2D eigenvalue weighted by atomic mass is 10.1. The number of aromatic nitrogens is 2. The van der Waals surface area contributed by atoms with Gasteiger partial charge >= 0.3 is 0 Å². The number of para-hydroxylation sites is 1. The smallest absolute Gasteiger partial charge is 0.224 e. The number of nitrogens with one attached hydrogen (secondary N) is 2. The lowest BCUT2D eigenvalue weighted by Gasteiger charge is -2.12. The molecule has 2 aromatic rings. The van der Waals surface area contributed by atoms with Crippen molar-refractivity contribution in [1.29, 1.82) is 0 Å². The molecule has 4 heteroatoms. The molecule has 2 N–H and O–H groups in total. The van der Waals surface area contributed by atoms with Crippen molar-refractivity contribution < 1.29 is 0 Å². The maximum absolute atomic E-state index is 4.51. The highest BCUT2D eigenvalue weighted by atomic mass is 15.1. The molecule has 1 aromatic heterocycles. The van der Waals surface area contributed by atoms with Gasteiger partial charge in [-0.05, 0) is 37.5 Å². The minimum atomic E-state index is 0.683. The van der Waals surface area contributed by atoms with Crippen LogP contribution in [0.4, 0.5) is 17.5 Å². The van der Waals surface area contributed by atoms with E-state index in [0.717, 1.165) is 24.5 Å². The Balaban J connectivity index is 2.04. The number of benzene rings is 1. The van der Waals surface area contributed by atoms with Gasteiger partial charge in [-0.2, -0.15) is 4.98 Å². The molecule has 112 valence electrons. The van der Waals surface area contributed by atoms with Crippen molar-refractivity contribution >= 4 is 17.5 Å². The van der Waals surface area contributed by atoms with E-state index in [4.69, 9.17) is 0 Å². The summed E-state index contributed by atoms with van der Waals surface area (Å²) >= 11 is 0. The number of hydrogen-bond donors (Lipinski definition) is 2. The fraction of sp³-hybridized carbons (Fsp3) is 0.412. The predicted octanol–water partition coefficient (Wildman–Crippen LogP) is 4.44. The third-order valence-electron chi connectivity index (χ3n) is 3.45. The number of nitrogens with zero attached hydrogens (tertiary/aromatic N) is 2. The van der Waals surface area contributed by atoms with Crippen molar-refractivity contribution in [2.24, 2.45) is 0 Å². The topological polar surface area (TPSA) is 49.8 Å². The highest BCUT2D eigenvalue weighted by Gasteiger charge is 2.04. The summed E-state index contributed by atoms with van der Waals surface area (Å²) in [5, 5.41) is 6.66. The first kappa shape index (κ1) is 15.3. The molecule has 0 aliphatic carbocycles. The van der Waals surface area contributed by atoms with Crippen molar-refractivity contribution in [3.63, 3.8) is 0 Å². The number of unbranched alkanes of at least 4 members (excludes halogenated alkanes) is 2. The average molecular weight is 284 g/mol. The predicted molar refractivity (Wildman–Crippen MR) is 89.2 cm³/mol. The Bertz CT molecular complexity index is 561. The molecule has 0 bridgehead atoms. The summed E-state index contributed by atoms with van der Waals surface area (Å²) < 4.78 is 0. The van der Waals surface area contributed by atoms with Gasteiger partial charge in [0.1, 0.15) is 5.82 Å². The highest BCUT2D eigenvalue weighted by Crippen LogP contribution is 2.23. The van der Waals surface area contributed by atoms with Gasteiger partial charge in [-0.1, -0.05) is 38.0 Å². The lowest BCUT2D eigenvalue weighted by Crippen LogP contribution is -2.06. The lowest BCUT2D eigenvalue weighted by molar-refractivity contribution is 0.740. The van der Waals surface area contributed by atoms with E-state index in [1.54, 1.807) is 6.20 Å². The van der Waals surface area contributed by atoms with Crippen molar-refractivity contribution in [2.75, 3.05) is 17.2 Å². The average Bonchev–Trinajstić information content (AvgIpc) is 2.48. The summed E-state index contributed by atoms with van der Waals surface area (Å²) in [6.45, 7) is 7.31. The van der Waals surface area contributed by atoms with Crippen LogP contribution in [0.2, 0.25) is 0 Å². The Hall–Kier alpha value is -2.10. The van der Waals surface area contributed by atoms with Crippen LogP contribution >= 0.6 is 0 Å². The Morgan fingerprint density at radius 2 is 1.81 bits per heavy atom. The van der Waals surface area contributed by atoms with Crippen LogP contribution in [0.3, 0.4) is 0 Å². The van der Waals surface area contributed by atoms with E-state index in [1.807, 2.05) is 6.07 Å². The van der Waals surface area contributed by atoms with Crippen molar-refractivity contribution in [3.05, 3.63) is 41.6 Å². The molecular formula is C17H24N4. The van der Waals surface area contributed by atoms with Gasteiger partial charge in [0.15, 0.2) is 0 Å². The standard InChI is InChI=1S/C17H24N4/c1-4-5-6-11-18-17-19-12-10-15(21-17)20-16-13(2)8-7-9-14(16)3/h7-10,12H,4-6,11H2,1-3H3,(H2,18,19,20,21). The van der Waals surface area contributed by atoms with Crippen molar-refractivity contribution in [1.82, 2.24) is 9.97 Å². The van der Waals surface area contributed by atoms with E-state index in [2.05, 4.69) is 59.6 Å². The molecule has 21 heavy (non-hydrogen) atoms. The molecule has 0 spiro atoms. The zero-order valence-corrected chi connectivity index (χ0v) is 13.1. The molecule has 0 saturated heterocycles. The van der Waals surface area contributed by atoms with Crippen LogP contribution < -0.4 is 10.6 Å². The molecule has 0 aliphatic heterocycles. The van der Waals surface area contributed by atoms with E-state index < -0.39 is 0 Å². The van der Waals surface area contributed by atoms with Crippen LogP contribution in [-0.4, -0.2) is 16.5 Å². The van der Waals surface area contributed by atoms with Crippen molar-refractivity contribution in [3.8, 4) is 0 Å². The minimum absolute atomic E-state index is 0.683. The largest absolute Gasteiger partial charge is 0.354 e. The highest BCUT2D eigenvalue weighted by molar-refractivity contribution is 5.64. The molecule has 0 fully saturated rings. The molecule has 0 unspecified atom stereocenters. The van der Waals surface area contributed by atoms with Gasteiger partial charge < -0.3 is 10.6 Å². The third-order valence-corrected chi connectivity index (χ3v) is 3.45. The second-order valence-corrected chi connectivity index (χ2v) is 5.29. The zero-order chi connectivity index (χ0) is 15.1. The number of aryl methyl sites for hydroxylation is 2. The van der Waals surface area contributed by atoms with Gasteiger partial charge in [-0.25, -0.2) is 4.98 Å². The molecule has 1 aromatic carbocycles.